The van der Waals surface area contributed by atoms with Crippen molar-refractivity contribution in [1.82, 2.24) is 15.3 Å². The van der Waals surface area contributed by atoms with Crippen LogP contribution in [-0.2, 0) is 6.54 Å². The van der Waals surface area contributed by atoms with E-state index in [0.717, 1.165) is 24.0 Å². The highest BCUT2D eigenvalue weighted by atomic mass is 14.9. The first-order valence-corrected chi connectivity index (χ1v) is 7.20. The second-order valence-corrected chi connectivity index (χ2v) is 5.42. The lowest BCUT2D eigenvalue weighted by Crippen LogP contribution is -2.13. The molecule has 2 aromatic rings. The smallest absolute Gasteiger partial charge is 0.0890 e. The van der Waals surface area contributed by atoms with Gasteiger partial charge in [-0.05, 0) is 49.6 Å². The highest BCUT2D eigenvalue weighted by molar-refractivity contribution is 5.74. The number of benzene rings is 1. The molecule has 0 saturated carbocycles. The van der Waals surface area contributed by atoms with Crippen LogP contribution < -0.4 is 5.32 Å². The number of hydrogen-bond donors (Lipinski definition) is 1. The van der Waals surface area contributed by atoms with E-state index in [9.17, 15) is 0 Å². The van der Waals surface area contributed by atoms with Crippen molar-refractivity contribution in [3.05, 3.63) is 71.2 Å². The van der Waals surface area contributed by atoms with Gasteiger partial charge in [0.1, 0.15) is 0 Å². The van der Waals surface area contributed by atoms with Gasteiger partial charge in [0.05, 0.1) is 11.0 Å². The third-order valence-electron chi connectivity index (χ3n) is 3.71. The summed E-state index contributed by atoms with van der Waals surface area (Å²) >= 11 is 0. The zero-order chi connectivity index (χ0) is 14.7. The van der Waals surface area contributed by atoms with Crippen LogP contribution in [0.2, 0.25) is 0 Å². The Hall–Kier alpha value is -2.42. The second kappa shape index (κ2) is 5.92. The number of hydrogen-bond acceptors (Lipinski definition) is 3. The topological polar surface area (TPSA) is 37.8 Å². The van der Waals surface area contributed by atoms with Crippen molar-refractivity contribution in [2.75, 3.05) is 0 Å². The number of nitrogens with zero attached hydrogens (tertiary/aromatic N) is 2. The Morgan fingerprint density at radius 1 is 1.05 bits per heavy atom. The van der Waals surface area contributed by atoms with Gasteiger partial charge in [0, 0.05) is 24.6 Å². The molecule has 3 heteroatoms. The van der Waals surface area contributed by atoms with Gasteiger partial charge in [-0.15, -0.1) is 0 Å². The van der Waals surface area contributed by atoms with E-state index in [1.165, 1.54) is 22.4 Å². The number of allylic oxidation sites excluding steroid dienone is 5. The Labute approximate surface area is 125 Å². The minimum Gasteiger partial charge on any atom is -0.381 e. The van der Waals surface area contributed by atoms with Crippen LogP contribution in [-0.4, -0.2) is 9.97 Å². The summed E-state index contributed by atoms with van der Waals surface area (Å²) in [6.45, 7) is 5.10. The van der Waals surface area contributed by atoms with Gasteiger partial charge in [-0.3, -0.25) is 9.97 Å². The molecule has 1 N–H and O–H groups in total. The third kappa shape index (κ3) is 3.19. The lowest BCUT2D eigenvalue weighted by molar-refractivity contribution is 0.820. The average molecular weight is 277 g/mol. The van der Waals surface area contributed by atoms with E-state index >= 15 is 0 Å². The van der Waals surface area contributed by atoms with Crippen LogP contribution in [0.15, 0.2) is 65.7 Å². The minimum absolute atomic E-state index is 0.788. The number of fused-ring (bicyclic) bond motifs is 1. The molecule has 3 rings (SSSR count). The molecule has 0 atom stereocenters. The lowest BCUT2D eigenvalue weighted by Gasteiger charge is -2.11. The maximum atomic E-state index is 4.35. The van der Waals surface area contributed by atoms with Crippen molar-refractivity contribution in [3.8, 4) is 0 Å². The molecule has 21 heavy (non-hydrogen) atoms. The average Bonchev–Trinajstić information content (AvgIpc) is 2.67. The fourth-order valence-electron chi connectivity index (χ4n) is 2.36. The Morgan fingerprint density at radius 3 is 2.71 bits per heavy atom. The first kappa shape index (κ1) is 13.6. The van der Waals surface area contributed by atoms with Gasteiger partial charge in [-0.1, -0.05) is 23.8 Å². The highest BCUT2D eigenvalue weighted by Gasteiger charge is 2.04. The van der Waals surface area contributed by atoms with Gasteiger partial charge in [0.25, 0.3) is 0 Å². The summed E-state index contributed by atoms with van der Waals surface area (Å²) < 4.78 is 0. The van der Waals surface area contributed by atoms with E-state index in [1.807, 2.05) is 6.07 Å². The van der Waals surface area contributed by atoms with Crippen molar-refractivity contribution in [3.63, 3.8) is 0 Å². The molecular weight excluding hydrogens is 258 g/mol. The maximum absolute atomic E-state index is 4.35. The van der Waals surface area contributed by atoms with E-state index in [0.29, 0.717) is 0 Å². The molecule has 1 aliphatic rings. The van der Waals surface area contributed by atoms with Crippen LogP contribution in [0.1, 0.15) is 25.8 Å². The van der Waals surface area contributed by atoms with Crippen molar-refractivity contribution in [2.24, 2.45) is 0 Å². The Balaban J connectivity index is 1.77. The summed E-state index contributed by atoms with van der Waals surface area (Å²) in [4.78, 5) is 8.64. The lowest BCUT2D eigenvalue weighted by atomic mass is 10.1. The molecule has 106 valence electrons. The molecule has 0 saturated heterocycles. The van der Waals surface area contributed by atoms with Gasteiger partial charge in [-0.25, -0.2) is 0 Å². The van der Waals surface area contributed by atoms with Crippen molar-refractivity contribution in [2.45, 2.75) is 26.8 Å². The third-order valence-corrected chi connectivity index (χ3v) is 3.71. The van der Waals surface area contributed by atoms with E-state index in [-0.39, 0.29) is 0 Å². The molecule has 0 unspecified atom stereocenters. The van der Waals surface area contributed by atoms with Crippen molar-refractivity contribution >= 4 is 11.0 Å². The summed E-state index contributed by atoms with van der Waals surface area (Å²) in [5, 5.41) is 3.51. The Kier molecular flexibility index (Phi) is 3.82. The maximum Gasteiger partial charge on any atom is 0.0890 e. The molecule has 0 fully saturated rings. The van der Waals surface area contributed by atoms with Crippen LogP contribution in [0, 0.1) is 0 Å². The molecule has 1 heterocycles. The first-order valence-electron chi connectivity index (χ1n) is 7.20. The van der Waals surface area contributed by atoms with E-state index in [1.54, 1.807) is 12.4 Å². The van der Waals surface area contributed by atoms with Crippen LogP contribution >= 0.6 is 0 Å². The van der Waals surface area contributed by atoms with Gasteiger partial charge in [0.15, 0.2) is 0 Å². The molecule has 0 aliphatic heterocycles. The van der Waals surface area contributed by atoms with Crippen LogP contribution in [0.3, 0.4) is 0 Å². The molecule has 0 bridgehead atoms. The fourth-order valence-corrected chi connectivity index (χ4v) is 2.36. The molecule has 1 aliphatic carbocycles. The molecule has 3 nitrogen and oxygen atoms in total. The summed E-state index contributed by atoms with van der Waals surface area (Å²) in [5.41, 5.74) is 6.95. The normalized spacial score (nSPS) is 15.0. The number of aromatic nitrogens is 2. The molecule has 0 spiro atoms. The zero-order valence-corrected chi connectivity index (χ0v) is 12.4. The predicted octanol–water partition coefficient (Wildman–Crippen LogP) is 3.90. The van der Waals surface area contributed by atoms with Gasteiger partial charge >= 0.3 is 0 Å². The summed E-state index contributed by atoms with van der Waals surface area (Å²) in [6, 6.07) is 6.21. The van der Waals surface area contributed by atoms with Gasteiger partial charge < -0.3 is 5.32 Å². The zero-order valence-electron chi connectivity index (χ0n) is 12.4. The van der Waals surface area contributed by atoms with Gasteiger partial charge in [0.2, 0.25) is 0 Å². The van der Waals surface area contributed by atoms with Crippen molar-refractivity contribution in [1.29, 1.82) is 0 Å². The van der Waals surface area contributed by atoms with E-state index < -0.39 is 0 Å². The van der Waals surface area contributed by atoms with Gasteiger partial charge in [-0.2, -0.15) is 0 Å². The Morgan fingerprint density at radius 2 is 1.86 bits per heavy atom. The highest BCUT2D eigenvalue weighted by Crippen LogP contribution is 2.17. The number of rotatable bonds is 3. The first-order chi connectivity index (χ1) is 10.2. The molecule has 0 radical (unpaired) electrons. The van der Waals surface area contributed by atoms with E-state index in [2.05, 4.69) is 59.5 Å². The predicted molar refractivity (Wildman–Crippen MR) is 86.6 cm³/mol. The second-order valence-electron chi connectivity index (χ2n) is 5.42. The molecule has 1 aromatic carbocycles. The minimum atomic E-state index is 0.788. The SMILES string of the molecule is CC1=CC=C(NCc2ccc3nccnc3c2)C(C)=CC1. The summed E-state index contributed by atoms with van der Waals surface area (Å²) in [7, 11) is 0. The van der Waals surface area contributed by atoms with Crippen LogP contribution in [0.4, 0.5) is 0 Å². The molecular formula is C18H19N3. The standard InChI is InChI=1S/C18H19N3/c1-13-3-5-14(2)16(7-4-13)21-12-15-6-8-17-18(11-15)20-10-9-19-17/h4-11,21H,3,12H2,1-2H3. The monoisotopic (exact) mass is 277 g/mol. The molecule has 0 amide bonds. The molecule has 1 aromatic heterocycles. The van der Waals surface area contributed by atoms with E-state index in [4.69, 9.17) is 0 Å². The summed E-state index contributed by atoms with van der Waals surface area (Å²) in [5.74, 6) is 0. The van der Waals surface area contributed by atoms with Crippen LogP contribution in [0.5, 0.6) is 0 Å². The number of nitrogens with one attached hydrogen (secondary N) is 1. The Bertz CT molecular complexity index is 754. The van der Waals surface area contributed by atoms with Crippen LogP contribution in [0.25, 0.3) is 11.0 Å². The largest absolute Gasteiger partial charge is 0.381 e. The fraction of sp³-hybridized carbons (Fsp3) is 0.222. The summed E-state index contributed by atoms with van der Waals surface area (Å²) in [6.07, 6.45) is 11.1. The van der Waals surface area contributed by atoms with Crippen molar-refractivity contribution < 1.29 is 0 Å². The quantitative estimate of drug-likeness (QED) is 0.924.